The largest absolute Gasteiger partial charge is 0.464 e. The van der Waals surface area contributed by atoms with Crippen LogP contribution in [0.5, 0.6) is 0 Å². The van der Waals surface area contributed by atoms with Crippen molar-refractivity contribution in [2.24, 2.45) is 0 Å². The molecule has 0 fully saturated rings. The molecule has 6 nitrogen and oxygen atoms in total. The van der Waals surface area contributed by atoms with E-state index in [0.29, 0.717) is 0 Å². The average molecular weight is 294 g/mol. The zero-order valence-corrected chi connectivity index (χ0v) is 12.9. The molecule has 0 aromatic heterocycles. The van der Waals surface area contributed by atoms with Gasteiger partial charge in [-0.05, 0) is 27.7 Å². The zero-order valence-electron chi connectivity index (χ0n) is 12.0. The first kappa shape index (κ1) is 18.3. The highest BCUT2D eigenvalue weighted by Crippen LogP contribution is 2.54. The van der Waals surface area contributed by atoms with Gasteiger partial charge < -0.3 is 18.5 Å². The zero-order chi connectivity index (χ0) is 14.9. The van der Waals surface area contributed by atoms with Crippen LogP contribution in [0.3, 0.4) is 0 Å². The van der Waals surface area contributed by atoms with Crippen LogP contribution in [0, 0.1) is 0 Å². The quantitative estimate of drug-likeness (QED) is 0.350. The van der Waals surface area contributed by atoms with Gasteiger partial charge >= 0.3 is 13.6 Å². The predicted molar refractivity (Wildman–Crippen MR) is 72.0 cm³/mol. The maximum Gasteiger partial charge on any atom is 0.370 e. The number of esters is 1. The third-order valence-corrected chi connectivity index (χ3v) is 4.21. The molecular weight excluding hydrogens is 271 g/mol. The second kappa shape index (κ2) is 9.26. The third-order valence-electron chi connectivity index (χ3n) is 2.07. The van der Waals surface area contributed by atoms with Crippen LogP contribution in [-0.2, 0) is 27.9 Å². The van der Waals surface area contributed by atoms with E-state index in [-0.39, 0.29) is 19.8 Å². The van der Waals surface area contributed by atoms with Gasteiger partial charge in [-0.1, -0.05) is 6.08 Å². The van der Waals surface area contributed by atoms with E-state index in [1.54, 1.807) is 27.7 Å². The van der Waals surface area contributed by atoms with E-state index in [2.05, 4.69) is 6.58 Å². The molecule has 0 spiro atoms. The van der Waals surface area contributed by atoms with Gasteiger partial charge in [0.1, 0.15) is 0 Å². The lowest BCUT2D eigenvalue weighted by Crippen LogP contribution is -2.31. The molecule has 0 rings (SSSR count). The first-order valence-corrected chi connectivity index (χ1v) is 7.89. The van der Waals surface area contributed by atoms with Crippen LogP contribution in [-0.4, -0.2) is 37.7 Å². The maximum atomic E-state index is 12.6. The van der Waals surface area contributed by atoms with Crippen LogP contribution in [0.1, 0.15) is 27.7 Å². The van der Waals surface area contributed by atoms with Crippen molar-refractivity contribution in [3.63, 3.8) is 0 Å². The smallest absolute Gasteiger partial charge is 0.370 e. The van der Waals surface area contributed by atoms with Crippen molar-refractivity contribution in [3.05, 3.63) is 12.7 Å². The Bertz CT molecular complexity index is 320. The molecule has 0 saturated carbocycles. The van der Waals surface area contributed by atoms with Crippen LogP contribution < -0.4 is 0 Å². The molecule has 0 unspecified atom stereocenters. The second-order valence-electron chi connectivity index (χ2n) is 3.56. The lowest BCUT2D eigenvalue weighted by molar-refractivity contribution is -0.153. The Balaban J connectivity index is 5.19. The van der Waals surface area contributed by atoms with E-state index in [1.807, 2.05) is 0 Å². The summed E-state index contributed by atoms with van der Waals surface area (Å²) in [5.74, 6) is -2.17. The molecule has 0 N–H and O–H groups in total. The summed E-state index contributed by atoms with van der Waals surface area (Å²) in [6, 6.07) is 0. The van der Waals surface area contributed by atoms with Crippen molar-refractivity contribution in [1.29, 1.82) is 0 Å². The molecular formula is C12H23O6P. The van der Waals surface area contributed by atoms with E-state index in [0.717, 1.165) is 0 Å². The van der Waals surface area contributed by atoms with Crippen molar-refractivity contribution in [2.75, 3.05) is 19.8 Å². The molecule has 0 amide bonds. The monoisotopic (exact) mass is 294 g/mol. The number of ether oxygens (including phenoxy) is 2. The second-order valence-corrected chi connectivity index (χ2v) is 5.62. The highest BCUT2D eigenvalue weighted by atomic mass is 31.2. The Labute approximate surface area is 114 Å². The summed E-state index contributed by atoms with van der Waals surface area (Å²) in [6.07, 6.45) is 0.998. The summed E-state index contributed by atoms with van der Waals surface area (Å²) in [4.78, 5) is 11.9. The van der Waals surface area contributed by atoms with Gasteiger partial charge in [0.05, 0.1) is 25.9 Å². The van der Waals surface area contributed by atoms with Crippen molar-refractivity contribution >= 4 is 13.6 Å². The minimum atomic E-state index is -3.73. The van der Waals surface area contributed by atoms with Crippen LogP contribution in [0.2, 0.25) is 0 Å². The van der Waals surface area contributed by atoms with Gasteiger partial charge in [0.2, 0.25) is 0 Å². The lowest BCUT2D eigenvalue weighted by Gasteiger charge is -2.26. The first-order valence-electron chi connectivity index (χ1n) is 6.28. The van der Waals surface area contributed by atoms with E-state index in [4.69, 9.17) is 18.5 Å². The highest BCUT2D eigenvalue weighted by molar-refractivity contribution is 7.55. The van der Waals surface area contributed by atoms with E-state index >= 15 is 0 Å². The lowest BCUT2D eigenvalue weighted by atomic mass is 10.4. The molecule has 0 radical (unpaired) electrons. The SMILES string of the molecule is C=C[C@H](C)O[C@@H](C(=O)OCC)P(=O)(OCC)OCC. The van der Waals surface area contributed by atoms with Gasteiger partial charge in [0.15, 0.2) is 0 Å². The molecule has 7 heteroatoms. The van der Waals surface area contributed by atoms with Gasteiger partial charge in [-0.3, -0.25) is 4.57 Å². The fourth-order valence-electron chi connectivity index (χ4n) is 1.26. The third kappa shape index (κ3) is 5.87. The predicted octanol–water partition coefficient (Wildman–Crippen LogP) is 2.73. The Hall–Kier alpha value is -0.680. The molecule has 2 atom stereocenters. The van der Waals surface area contributed by atoms with Crippen molar-refractivity contribution < 1.29 is 27.9 Å². The van der Waals surface area contributed by atoms with Gasteiger partial charge in [0.25, 0.3) is 5.85 Å². The van der Waals surface area contributed by atoms with Gasteiger partial charge in [0, 0.05) is 0 Å². The summed E-state index contributed by atoms with van der Waals surface area (Å²) >= 11 is 0. The first-order chi connectivity index (χ1) is 8.95. The van der Waals surface area contributed by atoms with E-state index in [1.165, 1.54) is 6.08 Å². The minimum absolute atomic E-state index is 0.138. The summed E-state index contributed by atoms with van der Waals surface area (Å²) in [6.45, 7) is 10.6. The summed E-state index contributed by atoms with van der Waals surface area (Å²) in [7, 11) is -3.73. The van der Waals surface area contributed by atoms with E-state index < -0.39 is 25.5 Å². The minimum Gasteiger partial charge on any atom is -0.464 e. The summed E-state index contributed by atoms with van der Waals surface area (Å²) in [5, 5.41) is 0. The van der Waals surface area contributed by atoms with Crippen molar-refractivity contribution in [3.8, 4) is 0 Å². The molecule has 0 aliphatic rings. The normalized spacial score (nSPS) is 14.7. The highest BCUT2D eigenvalue weighted by Gasteiger charge is 2.44. The fourth-order valence-corrected chi connectivity index (χ4v) is 3.00. The van der Waals surface area contributed by atoms with Crippen LogP contribution >= 0.6 is 7.60 Å². The maximum absolute atomic E-state index is 12.6. The molecule has 0 heterocycles. The Morgan fingerprint density at radius 2 is 1.74 bits per heavy atom. The molecule has 112 valence electrons. The van der Waals surface area contributed by atoms with Gasteiger partial charge in [-0.15, -0.1) is 6.58 Å². The van der Waals surface area contributed by atoms with Gasteiger partial charge in [-0.2, -0.15) is 0 Å². The van der Waals surface area contributed by atoms with Crippen LogP contribution in [0.15, 0.2) is 12.7 Å². The summed E-state index contributed by atoms with van der Waals surface area (Å²) < 4.78 is 33.0. The molecule has 0 saturated heterocycles. The van der Waals surface area contributed by atoms with E-state index in [9.17, 15) is 9.36 Å². The molecule has 0 aliphatic carbocycles. The van der Waals surface area contributed by atoms with Crippen LogP contribution in [0.4, 0.5) is 0 Å². The standard InChI is InChI=1S/C12H23O6P/c1-6-10(5)18-12(11(13)15-7-2)19(14,16-8-3)17-9-4/h6,10,12H,1,7-9H2,2-5H3/t10-,12+/m0/s1. The van der Waals surface area contributed by atoms with Crippen molar-refractivity contribution in [1.82, 2.24) is 0 Å². The summed E-state index contributed by atoms with van der Waals surface area (Å²) in [5.41, 5.74) is 0. The fraction of sp³-hybridized carbons (Fsp3) is 0.750. The molecule has 0 aromatic rings. The molecule has 0 aliphatic heterocycles. The topological polar surface area (TPSA) is 71.1 Å². The number of rotatable bonds is 10. The van der Waals surface area contributed by atoms with Gasteiger partial charge in [-0.25, -0.2) is 4.79 Å². The Kier molecular flexibility index (Phi) is 8.93. The average Bonchev–Trinajstić information content (AvgIpc) is 2.36. The molecule has 19 heavy (non-hydrogen) atoms. The Morgan fingerprint density at radius 3 is 2.11 bits per heavy atom. The number of hydrogen-bond acceptors (Lipinski definition) is 6. The van der Waals surface area contributed by atoms with Crippen molar-refractivity contribution in [2.45, 2.75) is 39.6 Å². The molecule has 0 aromatic carbocycles. The number of hydrogen-bond donors (Lipinski definition) is 0. The number of carbonyl (C=O) groups excluding carboxylic acids is 1. The Morgan fingerprint density at radius 1 is 1.21 bits per heavy atom. The van der Waals surface area contributed by atoms with Crippen LogP contribution in [0.25, 0.3) is 0 Å². The number of carbonyl (C=O) groups is 1. The molecule has 0 bridgehead atoms.